The maximum Gasteiger partial charge on any atom is 0.230 e. The summed E-state index contributed by atoms with van der Waals surface area (Å²) in [5.41, 5.74) is 6.58. The Hall–Kier alpha value is -1.86. The fraction of sp³-hybridized carbons (Fsp3) is 0.471. The van der Waals surface area contributed by atoms with E-state index in [-0.39, 0.29) is 17.2 Å². The van der Waals surface area contributed by atoms with Crippen molar-refractivity contribution in [3.8, 4) is 0 Å². The van der Waals surface area contributed by atoms with Crippen LogP contribution in [0.5, 0.6) is 0 Å². The van der Waals surface area contributed by atoms with E-state index in [1.54, 1.807) is 6.92 Å². The molecule has 1 amide bonds. The minimum Gasteiger partial charge on any atom is -0.369 e. The SMILES string of the molecule is CC[C@H](c1nnc(S[C@H](C)C(N)=O)n1Cc1ccccc1)[NH+](C)C. The van der Waals surface area contributed by atoms with Gasteiger partial charge in [-0.1, -0.05) is 49.0 Å². The van der Waals surface area contributed by atoms with Gasteiger partial charge in [0, 0.05) is 6.42 Å². The molecule has 2 atom stereocenters. The molecular weight excluding hydrogens is 322 g/mol. The van der Waals surface area contributed by atoms with Gasteiger partial charge < -0.3 is 10.6 Å². The lowest BCUT2D eigenvalue weighted by Gasteiger charge is -2.20. The fourth-order valence-electron chi connectivity index (χ4n) is 2.62. The molecule has 0 bridgehead atoms. The maximum absolute atomic E-state index is 11.4. The molecule has 24 heavy (non-hydrogen) atoms. The van der Waals surface area contributed by atoms with Crippen LogP contribution in [-0.2, 0) is 11.3 Å². The first-order chi connectivity index (χ1) is 11.4. The van der Waals surface area contributed by atoms with Crippen molar-refractivity contribution in [3.63, 3.8) is 0 Å². The molecule has 1 heterocycles. The molecule has 2 aromatic rings. The van der Waals surface area contributed by atoms with Crippen LogP contribution in [0.4, 0.5) is 0 Å². The van der Waals surface area contributed by atoms with Gasteiger partial charge in [-0.15, -0.1) is 10.2 Å². The van der Waals surface area contributed by atoms with Crippen molar-refractivity contribution in [1.29, 1.82) is 0 Å². The molecule has 2 rings (SSSR count). The van der Waals surface area contributed by atoms with Gasteiger partial charge in [0.25, 0.3) is 0 Å². The Balaban J connectivity index is 2.40. The number of hydrogen-bond donors (Lipinski definition) is 2. The van der Waals surface area contributed by atoms with Crippen molar-refractivity contribution < 1.29 is 9.69 Å². The zero-order valence-electron chi connectivity index (χ0n) is 14.7. The summed E-state index contributed by atoms with van der Waals surface area (Å²) in [6, 6.07) is 10.5. The molecule has 0 fully saturated rings. The van der Waals surface area contributed by atoms with Gasteiger partial charge in [0.1, 0.15) is 6.04 Å². The third-order valence-electron chi connectivity index (χ3n) is 4.03. The Morgan fingerprint density at radius 2 is 1.96 bits per heavy atom. The Kier molecular flexibility index (Phi) is 6.39. The maximum atomic E-state index is 11.4. The van der Waals surface area contributed by atoms with E-state index in [1.165, 1.54) is 22.2 Å². The summed E-state index contributed by atoms with van der Waals surface area (Å²) in [6.07, 6.45) is 0.964. The normalized spacial score (nSPS) is 13.9. The van der Waals surface area contributed by atoms with E-state index in [0.29, 0.717) is 6.54 Å². The summed E-state index contributed by atoms with van der Waals surface area (Å²) in [5.74, 6) is 0.599. The van der Waals surface area contributed by atoms with Gasteiger partial charge in [-0.3, -0.25) is 9.36 Å². The van der Waals surface area contributed by atoms with E-state index in [4.69, 9.17) is 5.73 Å². The molecule has 1 aromatic heterocycles. The van der Waals surface area contributed by atoms with Crippen LogP contribution in [0.2, 0.25) is 0 Å². The molecule has 3 N–H and O–H groups in total. The number of quaternary nitrogens is 1. The van der Waals surface area contributed by atoms with Gasteiger partial charge in [-0.2, -0.15) is 0 Å². The first kappa shape index (κ1) is 18.5. The summed E-state index contributed by atoms with van der Waals surface area (Å²) in [6.45, 7) is 4.63. The second kappa shape index (κ2) is 8.30. The summed E-state index contributed by atoms with van der Waals surface area (Å²) >= 11 is 1.36. The Bertz CT molecular complexity index is 671. The predicted octanol–water partition coefficient (Wildman–Crippen LogP) is 0.888. The lowest BCUT2D eigenvalue weighted by Crippen LogP contribution is -3.06. The number of primary amides is 1. The zero-order chi connectivity index (χ0) is 17.7. The molecule has 6 nitrogen and oxygen atoms in total. The van der Waals surface area contributed by atoms with Crippen LogP contribution in [0.15, 0.2) is 35.5 Å². The number of carbonyl (C=O) groups is 1. The lowest BCUT2D eigenvalue weighted by atomic mass is 10.2. The highest BCUT2D eigenvalue weighted by atomic mass is 32.2. The van der Waals surface area contributed by atoms with E-state index in [0.717, 1.165) is 17.4 Å². The lowest BCUT2D eigenvalue weighted by molar-refractivity contribution is -0.893. The van der Waals surface area contributed by atoms with Crippen molar-refractivity contribution in [1.82, 2.24) is 14.8 Å². The molecule has 0 aliphatic rings. The average molecular weight is 348 g/mol. The van der Waals surface area contributed by atoms with E-state index < -0.39 is 0 Å². The number of hydrogen-bond acceptors (Lipinski definition) is 4. The van der Waals surface area contributed by atoms with Crippen LogP contribution in [0.3, 0.4) is 0 Å². The number of nitrogens with two attached hydrogens (primary N) is 1. The molecular formula is C17H26N5OS+. The highest BCUT2D eigenvalue weighted by Gasteiger charge is 2.26. The van der Waals surface area contributed by atoms with Crippen LogP contribution in [0.1, 0.15) is 37.7 Å². The average Bonchev–Trinajstić information content (AvgIpc) is 2.91. The number of nitrogens with zero attached hydrogens (tertiary/aromatic N) is 3. The van der Waals surface area contributed by atoms with Crippen LogP contribution in [0, 0.1) is 0 Å². The van der Waals surface area contributed by atoms with Crippen molar-refractivity contribution in [2.45, 2.75) is 43.3 Å². The van der Waals surface area contributed by atoms with Crippen molar-refractivity contribution in [3.05, 3.63) is 41.7 Å². The topological polar surface area (TPSA) is 78.2 Å². The standard InChI is InChI=1S/C17H25N5OS/c1-5-14(21(3)4)16-19-20-17(24-12(2)15(18)23)22(16)11-13-9-7-6-8-10-13/h6-10,12,14H,5,11H2,1-4H3,(H2,18,23)/p+1/t12-,14-/m1/s1. The molecule has 0 spiro atoms. The van der Waals surface area contributed by atoms with Crippen LogP contribution in [-0.4, -0.2) is 40.0 Å². The third kappa shape index (κ3) is 4.36. The third-order valence-corrected chi connectivity index (χ3v) is 5.13. The number of nitrogens with one attached hydrogen (secondary N) is 1. The number of thioether (sulfide) groups is 1. The highest BCUT2D eigenvalue weighted by Crippen LogP contribution is 2.25. The Morgan fingerprint density at radius 3 is 2.50 bits per heavy atom. The van der Waals surface area contributed by atoms with E-state index >= 15 is 0 Å². The first-order valence-corrected chi connectivity index (χ1v) is 9.05. The minimum atomic E-state index is -0.346. The smallest absolute Gasteiger partial charge is 0.230 e. The molecule has 0 aliphatic carbocycles. The molecule has 0 saturated carbocycles. The summed E-state index contributed by atoms with van der Waals surface area (Å²) in [7, 11) is 4.24. The molecule has 130 valence electrons. The molecule has 0 aliphatic heterocycles. The number of amides is 1. The highest BCUT2D eigenvalue weighted by molar-refractivity contribution is 8.00. The van der Waals surface area contributed by atoms with Crippen molar-refractivity contribution in [2.75, 3.05) is 14.1 Å². The largest absolute Gasteiger partial charge is 0.369 e. The van der Waals surface area contributed by atoms with Crippen LogP contribution >= 0.6 is 11.8 Å². The van der Waals surface area contributed by atoms with E-state index in [1.807, 2.05) is 18.2 Å². The van der Waals surface area contributed by atoms with Crippen LogP contribution in [0.25, 0.3) is 0 Å². The second-order valence-electron chi connectivity index (χ2n) is 6.11. The molecule has 0 unspecified atom stereocenters. The van der Waals surface area contributed by atoms with Crippen molar-refractivity contribution >= 4 is 17.7 Å². The number of benzene rings is 1. The van der Waals surface area contributed by atoms with Crippen molar-refractivity contribution in [2.24, 2.45) is 5.73 Å². The molecule has 0 radical (unpaired) electrons. The van der Waals surface area contributed by atoms with Gasteiger partial charge in [-0.25, -0.2) is 0 Å². The Morgan fingerprint density at radius 1 is 1.29 bits per heavy atom. The van der Waals surface area contributed by atoms with E-state index in [2.05, 4.69) is 47.9 Å². The number of carbonyl (C=O) groups excluding carboxylic acids is 1. The van der Waals surface area contributed by atoms with Gasteiger partial charge in [0.2, 0.25) is 5.91 Å². The minimum absolute atomic E-state index is 0.249. The van der Waals surface area contributed by atoms with E-state index in [9.17, 15) is 4.79 Å². The number of rotatable bonds is 8. The summed E-state index contributed by atoms with van der Waals surface area (Å²) < 4.78 is 2.11. The summed E-state index contributed by atoms with van der Waals surface area (Å²) in [5, 5.41) is 9.17. The fourth-order valence-corrected chi connectivity index (χ4v) is 3.43. The molecule has 7 heteroatoms. The van der Waals surface area contributed by atoms with Crippen LogP contribution < -0.4 is 10.6 Å². The molecule has 0 saturated heterocycles. The monoisotopic (exact) mass is 348 g/mol. The summed E-state index contributed by atoms with van der Waals surface area (Å²) in [4.78, 5) is 12.7. The first-order valence-electron chi connectivity index (χ1n) is 8.17. The number of aromatic nitrogens is 3. The quantitative estimate of drug-likeness (QED) is 0.695. The van der Waals surface area contributed by atoms with Gasteiger partial charge >= 0.3 is 0 Å². The van der Waals surface area contributed by atoms with Gasteiger partial charge in [0.15, 0.2) is 11.0 Å². The zero-order valence-corrected chi connectivity index (χ0v) is 15.5. The Labute approximate surface area is 147 Å². The predicted molar refractivity (Wildman–Crippen MR) is 95.9 cm³/mol. The molecule has 1 aromatic carbocycles. The second-order valence-corrected chi connectivity index (χ2v) is 7.42. The van der Waals surface area contributed by atoms with Gasteiger partial charge in [0.05, 0.1) is 25.9 Å². The van der Waals surface area contributed by atoms with Gasteiger partial charge in [-0.05, 0) is 12.5 Å².